The molecule has 2 unspecified atom stereocenters. The number of hydrogen-bond donors (Lipinski definition) is 1. The van der Waals surface area contributed by atoms with Crippen LogP contribution in [0.5, 0.6) is 0 Å². The van der Waals surface area contributed by atoms with E-state index < -0.39 is 0 Å². The molecule has 0 aromatic rings. The van der Waals surface area contributed by atoms with Gasteiger partial charge in [-0.2, -0.15) is 0 Å². The van der Waals surface area contributed by atoms with E-state index in [0.717, 1.165) is 24.8 Å². The maximum absolute atomic E-state index is 5.29. The highest BCUT2D eigenvalue weighted by molar-refractivity contribution is 4.88. The molecule has 1 rings (SSSR count). The Hall–Kier alpha value is -0.480. The minimum Gasteiger partial charge on any atom is -0.314 e. The summed E-state index contributed by atoms with van der Waals surface area (Å²) >= 11 is 0. The molecule has 0 saturated heterocycles. The lowest BCUT2D eigenvalue weighted by molar-refractivity contribution is 0.321. The third-order valence-corrected chi connectivity index (χ3v) is 3.49. The van der Waals surface area contributed by atoms with Gasteiger partial charge in [0.25, 0.3) is 0 Å². The maximum Gasteiger partial charge on any atom is 0.00956 e. The normalized spacial score (nSPS) is 19.5. The van der Waals surface area contributed by atoms with Crippen molar-refractivity contribution in [3.8, 4) is 12.3 Å². The van der Waals surface area contributed by atoms with Gasteiger partial charge in [-0.25, -0.2) is 0 Å². The van der Waals surface area contributed by atoms with Gasteiger partial charge in [0.2, 0.25) is 0 Å². The average Bonchev–Trinajstić information content (AvgIpc) is 3.06. The number of rotatable bonds is 8. The average molecular weight is 207 g/mol. The van der Waals surface area contributed by atoms with Crippen LogP contribution in [0.4, 0.5) is 0 Å². The van der Waals surface area contributed by atoms with Gasteiger partial charge in [0.1, 0.15) is 0 Å². The summed E-state index contributed by atoms with van der Waals surface area (Å²) < 4.78 is 0. The van der Waals surface area contributed by atoms with Crippen LogP contribution >= 0.6 is 0 Å². The summed E-state index contributed by atoms with van der Waals surface area (Å²) in [7, 11) is 0. The Morgan fingerprint density at radius 3 is 2.73 bits per heavy atom. The zero-order valence-electron chi connectivity index (χ0n) is 10.3. The fraction of sp³-hybridized carbons (Fsp3) is 0.857. The van der Waals surface area contributed by atoms with Gasteiger partial charge in [-0.15, -0.1) is 12.3 Å². The second-order valence-electron chi connectivity index (χ2n) is 4.85. The van der Waals surface area contributed by atoms with E-state index in [1.54, 1.807) is 0 Å². The van der Waals surface area contributed by atoms with Crippen molar-refractivity contribution >= 4 is 0 Å². The van der Waals surface area contributed by atoms with Crippen molar-refractivity contribution in [1.82, 2.24) is 5.32 Å². The summed E-state index contributed by atoms with van der Waals surface area (Å²) in [6.07, 6.45) is 12.8. The smallest absolute Gasteiger partial charge is 0.00956 e. The molecule has 0 amide bonds. The Labute approximate surface area is 95.0 Å². The summed E-state index contributed by atoms with van der Waals surface area (Å²) in [6.45, 7) is 5.78. The summed E-state index contributed by atoms with van der Waals surface area (Å²) in [5.74, 6) is 4.57. The highest BCUT2D eigenvalue weighted by atomic mass is 14.9. The molecule has 0 heterocycles. The molecular weight excluding hydrogens is 182 g/mol. The van der Waals surface area contributed by atoms with Crippen LogP contribution < -0.4 is 5.32 Å². The van der Waals surface area contributed by atoms with Gasteiger partial charge in [0, 0.05) is 12.5 Å². The van der Waals surface area contributed by atoms with Crippen molar-refractivity contribution in [3.05, 3.63) is 0 Å². The Morgan fingerprint density at radius 1 is 1.47 bits per heavy atom. The lowest BCUT2D eigenvalue weighted by Crippen LogP contribution is -2.36. The molecule has 1 saturated carbocycles. The van der Waals surface area contributed by atoms with Crippen LogP contribution in [0.2, 0.25) is 0 Å². The first-order valence-electron chi connectivity index (χ1n) is 6.46. The lowest BCUT2D eigenvalue weighted by Gasteiger charge is -2.25. The molecule has 1 N–H and O–H groups in total. The molecule has 1 aliphatic rings. The fourth-order valence-electron chi connectivity index (χ4n) is 2.26. The van der Waals surface area contributed by atoms with Gasteiger partial charge in [0.05, 0.1) is 0 Å². The molecule has 15 heavy (non-hydrogen) atoms. The van der Waals surface area contributed by atoms with Crippen molar-refractivity contribution in [3.63, 3.8) is 0 Å². The molecule has 1 aliphatic carbocycles. The van der Waals surface area contributed by atoms with Crippen molar-refractivity contribution < 1.29 is 0 Å². The van der Waals surface area contributed by atoms with Crippen LogP contribution in [0, 0.1) is 24.2 Å². The third-order valence-electron chi connectivity index (χ3n) is 3.49. The number of terminal acetylenes is 1. The first kappa shape index (κ1) is 12.6. The van der Waals surface area contributed by atoms with Crippen molar-refractivity contribution in [1.29, 1.82) is 0 Å². The molecule has 0 aromatic heterocycles. The van der Waals surface area contributed by atoms with Gasteiger partial charge in [-0.05, 0) is 50.5 Å². The van der Waals surface area contributed by atoms with Gasteiger partial charge >= 0.3 is 0 Å². The van der Waals surface area contributed by atoms with Crippen LogP contribution in [-0.2, 0) is 0 Å². The standard InChI is InChI=1S/C14H25N/c1-4-6-7-8-14(15-11-5-2)12(3)13-9-10-13/h1,12-15H,5-11H2,2-3H3. The topological polar surface area (TPSA) is 12.0 Å². The van der Waals surface area contributed by atoms with Crippen molar-refractivity contribution in [2.75, 3.05) is 6.54 Å². The van der Waals surface area contributed by atoms with Crippen molar-refractivity contribution in [2.24, 2.45) is 11.8 Å². The molecule has 2 atom stereocenters. The zero-order valence-corrected chi connectivity index (χ0v) is 10.3. The molecule has 1 fully saturated rings. The molecule has 0 aromatic carbocycles. The van der Waals surface area contributed by atoms with E-state index in [-0.39, 0.29) is 0 Å². The number of nitrogens with one attached hydrogen (secondary N) is 1. The molecule has 0 aliphatic heterocycles. The zero-order chi connectivity index (χ0) is 11.1. The summed E-state index contributed by atoms with van der Waals surface area (Å²) in [4.78, 5) is 0. The van der Waals surface area contributed by atoms with Gasteiger partial charge in [0.15, 0.2) is 0 Å². The SMILES string of the molecule is C#CCCCC(NCCC)C(C)C1CC1. The second kappa shape index (κ2) is 6.90. The van der Waals surface area contributed by atoms with E-state index in [1.165, 1.54) is 32.1 Å². The Bertz CT molecular complexity index is 200. The molecule has 0 bridgehead atoms. The first-order valence-corrected chi connectivity index (χ1v) is 6.46. The van der Waals surface area contributed by atoms with Crippen LogP contribution in [0.3, 0.4) is 0 Å². The van der Waals surface area contributed by atoms with E-state index in [1.807, 2.05) is 0 Å². The van der Waals surface area contributed by atoms with Crippen LogP contribution in [0.1, 0.15) is 52.4 Å². The van der Waals surface area contributed by atoms with E-state index in [9.17, 15) is 0 Å². The molecule has 86 valence electrons. The fourth-order valence-corrected chi connectivity index (χ4v) is 2.26. The monoisotopic (exact) mass is 207 g/mol. The van der Waals surface area contributed by atoms with Crippen LogP contribution in [0.25, 0.3) is 0 Å². The highest BCUT2D eigenvalue weighted by Crippen LogP contribution is 2.39. The Balaban J connectivity index is 2.27. The molecule has 1 heteroatoms. The van der Waals surface area contributed by atoms with E-state index in [4.69, 9.17) is 6.42 Å². The largest absolute Gasteiger partial charge is 0.314 e. The van der Waals surface area contributed by atoms with Crippen LogP contribution in [0.15, 0.2) is 0 Å². The first-order chi connectivity index (χ1) is 7.29. The highest BCUT2D eigenvalue weighted by Gasteiger charge is 2.32. The Morgan fingerprint density at radius 2 is 2.20 bits per heavy atom. The van der Waals surface area contributed by atoms with Crippen LogP contribution in [-0.4, -0.2) is 12.6 Å². The van der Waals surface area contributed by atoms with E-state index in [2.05, 4.69) is 25.1 Å². The van der Waals surface area contributed by atoms with Crippen molar-refractivity contribution in [2.45, 2.75) is 58.4 Å². The Kier molecular flexibility index (Phi) is 5.79. The summed E-state index contributed by atoms with van der Waals surface area (Å²) in [5, 5.41) is 3.68. The van der Waals surface area contributed by atoms with E-state index >= 15 is 0 Å². The quantitative estimate of drug-likeness (QED) is 0.476. The van der Waals surface area contributed by atoms with Gasteiger partial charge in [-0.3, -0.25) is 0 Å². The number of unbranched alkanes of at least 4 members (excludes halogenated alkanes) is 1. The second-order valence-corrected chi connectivity index (χ2v) is 4.85. The van der Waals surface area contributed by atoms with Gasteiger partial charge < -0.3 is 5.32 Å². The summed E-state index contributed by atoms with van der Waals surface area (Å²) in [5.41, 5.74) is 0. The summed E-state index contributed by atoms with van der Waals surface area (Å²) in [6, 6.07) is 0.700. The molecular formula is C14H25N. The maximum atomic E-state index is 5.29. The molecule has 0 spiro atoms. The number of hydrogen-bond acceptors (Lipinski definition) is 1. The van der Waals surface area contributed by atoms with Gasteiger partial charge in [-0.1, -0.05) is 13.8 Å². The minimum atomic E-state index is 0.700. The third kappa shape index (κ3) is 4.71. The minimum absolute atomic E-state index is 0.700. The predicted octanol–water partition coefficient (Wildman–Crippen LogP) is 3.20. The lowest BCUT2D eigenvalue weighted by atomic mass is 9.92. The molecule has 1 nitrogen and oxygen atoms in total. The molecule has 0 radical (unpaired) electrons. The van der Waals surface area contributed by atoms with E-state index in [0.29, 0.717) is 6.04 Å². The predicted molar refractivity (Wildman–Crippen MR) is 66.7 cm³/mol.